The molecule has 0 amide bonds. The molecular weight excluding hydrogens is 229 g/mol. The van der Waals surface area contributed by atoms with E-state index in [-0.39, 0.29) is 0 Å². The van der Waals surface area contributed by atoms with Crippen LogP contribution in [-0.2, 0) is 0 Å². The molecule has 2 nitrogen and oxygen atoms in total. The van der Waals surface area contributed by atoms with E-state index in [0.717, 1.165) is 24.3 Å². The van der Waals surface area contributed by atoms with Crippen LogP contribution in [0.4, 0.5) is 13.2 Å². The van der Waals surface area contributed by atoms with E-state index in [1.54, 1.807) is 0 Å². The molecule has 0 bridgehead atoms. The minimum Gasteiger partial charge on any atom is -0.315 e. The molecule has 2 aliphatic carbocycles. The van der Waals surface area contributed by atoms with Gasteiger partial charge in [0.1, 0.15) is 0 Å². The zero-order valence-corrected chi connectivity index (χ0v) is 10.0. The van der Waals surface area contributed by atoms with E-state index >= 15 is 0 Å². The highest BCUT2D eigenvalue weighted by atomic mass is 19.4. The predicted molar refractivity (Wildman–Crippen MR) is 60.7 cm³/mol. The Labute approximate surface area is 100 Å². The smallest absolute Gasteiger partial charge is 0.315 e. The fraction of sp³-hybridized carbons (Fsp3) is 1.00. The second-order valence-corrected chi connectivity index (χ2v) is 5.33. The molecule has 0 aliphatic heterocycles. The van der Waals surface area contributed by atoms with Gasteiger partial charge in [-0.1, -0.05) is 0 Å². The normalized spacial score (nSPS) is 21.2. The molecule has 100 valence electrons. The fourth-order valence-corrected chi connectivity index (χ4v) is 2.44. The predicted octanol–water partition coefficient (Wildman–Crippen LogP) is 2.16. The summed E-state index contributed by atoms with van der Waals surface area (Å²) in [5.41, 5.74) is 0. The largest absolute Gasteiger partial charge is 0.401 e. The van der Waals surface area contributed by atoms with Gasteiger partial charge in [-0.25, -0.2) is 0 Å². The third kappa shape index (κ3) is 5.25. The van der Waals surface area contributed by atoms with E-state index in [9.17, 15) is 13.2 Å². The minimum atomic E-state index is -4.09. The van der Waals surface area contributed by atoms with E-state index in [1.165, 1.54) is 25.7 Å². The van der Waals surface area contributed by atoms with Gasteiger partial charge in [-0.15, -0.1) is 0 Å². The van der Waals surface area contributed by atoms with Crippen molar-refractivity contribution in [3.8, 4) is 0 Å². The molecule has 0 atom stereocenters. The minimum absolute atomic E-state index is 0.390. The van der Waals surface area contributed by atoms with E-state index in [4.69, 9.17) is 0 Å². The van der Waals surface area contributed by atoms with Crippen molar-refractivity contribution in [1.29, 1.82) is 0 Å². The molecule has 0 aromatic carbocycles. The Morgan fingerprint density at radius 3 is 1.94 bits per heavy atom. The monoisotopic (exact) mass is 250 g/mol. The first-order chi connectivity index (χ1) is 8.06. The Bertz CT molecular complexity index is 222. The number of hydrogen-bond acceptors (Lipinski definition) is 2. The molecule has 2 fully saturated rings. The van der Waals surface area contributed by atoms with E-state index in [0.29, 0.717) is 13.1 Å². The van der Waals surface area contributed by atoms with Crippen LogP contribution < -0.4 is 10.6 Å². The number of nitrogens with one attached hydrogen (secondary N) is 2. The Morgan fingerprint density at radius 1 is 0.941 bits per heavy atom. The van der Waals surface area contributed by atoms with Gasteiger partial charge in [-0.3, -0.25) is 0 Å². The summed E-state index contributed by atoms with van der Waals surface area (Å²) in [6, 6.07) is 0. The quantitative estimate of drug-likeness (QED) is 0.645. The van der Waals surface area contributed by atoms with Crippen LogP contribution in [0.1, 0.15) is 25.7 Å². The molecule has 0 unspecified atom stereocenters. The highest BCUT2D eigenvalue weighted by molar-refractivity contribution is 4.92. The third-order valence-corrected chi connectivity index (χ3v) is 3.64. The summed E-state index contributed by atoms with van der Waals surface area (Å²) in [6.45, 7) is 1.12. The van der Waals surface area contributed by atoms with Gasteiger partial charge in [0.05, 0.1) is 6.54 Å². The Kier molecular flexibility index (Phi) is 4.31. The van der Waals surface area contributed by atoms with Crippen molar-refractivity contribution in [2.24, 2.45) is 17.8 Å². The van der Waals surface area contributed by atoms with Crippen molar-refractivity contribution in [2.45, 2.75) is 31.9 Å². The van der Waals surface area contributed by atoms with Gasteiger partial charge < -0.3 is 10.6 Å². The molecule has 0 heterocycles. The van der Waals surface area contributed by atoms with Gasteiger partial charge in [0.25, 0.3) is 0 Å². The number of halogens is 3. The first-order valence-corrected chi connectivity index (χ1v) is 6.54. The van der Waals surface area contributed by atoms with Crippen LogP contribution in [0.15, 0.2) is 0 Å². The van der Waals surface area contributed by atoms with Crippen molar-refractivity contribution >= 4 is 0 Å². The second-order valence-electron chi connectivity index (χ2n) is 5.33. The Hall–Kier alpha value is -0.290. The standard InChI is InChI=1S/C12H21F3N2/c13-12(14,15)8-17-6-5-16-7-11(9-1-2-9)10-3-4-10/h9-11,16-17H,1-8H2. The SMILES string of the molecule is FC(F)(F)CNCCNCC(C1CC1)C1CC1. The Morgan fingerprint density at radius 2 is 1.47 bits per heavy atom. The number of rotatable bonds is 8. The topological polar surface area (TPSA) is 24.1 Å². The summed E-state index contributed by atoms with van der Waals surface area (Å²) in [6.07, 6.45) is 1.33. The summed E-state index contributed by atoms with van der Waals surface area (Å²) in [7, 11) is 0. The number of hydrogen-bond donors (Lipinski definition) is 2. The van der Waals surface area contributed by atoms with Crippen LogP contribution in [-0.4, -0.2) is 32.4 Å². The van der Waals surface area contributed by atoms with Crippen LogP contribution >= 0.6 is 0 Å². The first kappa shape index (κ1) is 13.1. The highest BCUT2D eigenvalue weighted by Gasteiger charge is 2.40. The van der Waals surface area contributed by atoms with Gasteiger partial charge >= 0.3 is 6.18 Å². The van der Waals surface area contributed by atoms with Crippen molar-refractivity contribution < 1.29 is 13.2 Å². The molecule has 0 spiro atoms. The molecule has 0 aromatic rings. The molecule has 17 heavy (non-hydrogen) atoms. The van der Waals surface area contributed by atoms with Crippen LogP contribution in [0.2, 0.25) is 0 Å². The molecule has 0 saturated heterocycles. The van der Waals surface area contributed by atoms with Crippen molar-refractivity contribution in [2.75, 3.05) is 26.2 Å². The zero-order valence-electron chi connectivity index (χ0n) is 10.0. The van der Waals surface area contributed by atoms with Crippen LogP contribution in [0.5, 0.6) is 0 Å². The highest BCUT2D eigenvalue weighted by Crippen LogP contribution is 2.48. The maximum Gasteiger partial charge on any atom is 0.401 e. The molecule has 0 aromatic heterocycles. The molecule has 2 saturated carbocycles. The average Bonchev–Trinajstić information content (AvgIpc) is 3.09. The third-order valence-electron chi connectivity index (χ3n) is 3.64. The number of alkyl halides is 3. The molecule has 2 aliphatic rings. The van der Waals surface area contributed by atoms with E-state index in [1.807, 2.05) is 0 Å². The zero-order chi connectivity index (χ0) is 12.3. The average molecular weight is 250 g/mol. The van der Waals surface area contributed by atoms with Crippen LogP contribution in [0.25, 0.3) is 0 Å². The molecule has 0 radical (unpaired) electrons. The molecule has 5 heteroatoms. The lowest BCUT2D eigenvalue weighted by Gasteiger charge is -2.16. The lowest BCUT2D eigenvalue weighted by Crippen LogP contribution is -2.36. The van der Waals surface area contributed by atoms with Gasteiger partial charge in [0.2, 0.25) is 0 Å². The van der Waals surface area contributed by atoms with Gasteiger partial charge in [0, 0.05) is 13.1 Å². The van der Waals surface area contributed by atoms with Gasteiger partial charge in [0.15, 0.2) is 0 Å². The van der Waals surface area contributed by atoms with Crippen molar-refractivity contribution in [3.63, 3.8) is 0 Å². The second kappa shape index (κ2) is 5.57. The fourth-order valence-electron chi connectivity index (χ4n) is 2.44. The van der Waals surface area contributed by atoms with Crippen LogP contribution in [0, 0.1) is 17.8 Å². The van der Waals surface area contributed by atoms with Gasteiger partial charge in [-0.05, 0) is 50.0 Å². The van der Waals surface area contributed by atoms with Crippen LogP contribution in [0.3, 0.4) is 0 Å². The lowest BCUT2D eigenvalue weighted by molar-refractivity contribution is -0.124. The summed E-state index contributed by atoms with van der Waals surface area (Å²) < 4.78 is 35.5. The molecule has 2 rings (SSSR count). The lowest BCUT2D eigenvalue weighted by atomic mass is 9.98. The van der Waals surface area contributed by atoms with Gasteiger partial charge in [-0.2, -0.15) is 13.2 Å². The van der Waals surface area contributed by atoms with Crippen molar-refractivity contribution in [3.05, 3.63) is 0 Å². The summed E-state index contributed by atoms with van der Waals surface area (Å²) >= 11 is 0. The Balaban J connectivity index is 1.48. The molecular formula is C12H21F3N2. The first-order valence-electron chi connectivity index (χ1n) is 6.54. The summed E-state index contributed by atoms with van der Waals surface area (Å²) in [5.74, 6) is 2.59. The van der Waals surface area contributed by atoms with E-state index in [2.05, 4.69) is 10.6 Å². The molecule has 2 N–H and O–H groups in total. The summed E-state index contributed by atoms with van der Waals surface area (Å²) in [5, 5.41) is 5.69. The maximum absolute atomic E-state index is 11.8. The maximum atomic E-state index is 11.8. The van der Waals surface area contributed by atoms with E-state index < -0.39 is 12.7 Å². The van der Waals surface area contributed by atoms with Crippen molar-refractivity contribution in [1.82, 2.24) is 10.6 Å². The summed E-state index contributed by atoms with van der Waals surface area (Å²) in [4.78, 5) is 0.